The number of hydrogen-bond acceptors (Lipinski definition) is 8. The minimum atomic E-state index is -3.92. The standard InChI is InChI=1S/C15H23N3O5S3/c1-23-15(20)13(7-8-25-2)18-26(21,22)11-5-3-10(4-6-11)17-14(19)12(16)9-24/h3-6,12-13,18,24H,7-9,16H2,1-2H3,(H,17,19)/t12-,13-/m0/s1. The predicted molar refractivity (Wildman–Crippen MR) is 106 cm³/mol. The molecule has 0 radical (unpaired) electrons. The molecule has 0 bridgehead atoms. The largest absolute Gasteiger partial charge is 0.468 e. The van der Waals surface area contributed by atoms with Crippen molar-refractivity contribution in [3.05, 3.63) is 24.3 Å². The molecule has 0 fully saturated rings. The van der Waals surface area contributed by atoms with Gasteiger partial charge in [0, 0.05) is 11.4 Å². The van der Waals surface area contributed by atoms with E-state index in [4.69, 9.17) is 5.73 Å². The Hall–Kier alpha value is -1.27. The number of amides is 1. The second-order valence-electron chi connectivity index (χ2n) is 5.28. The van der Waals surface area contributed by atoms with E-state index in [1.54, 1.807) is 0 Å². The number of esters is 1. The lowest BCUT2D eigenvalue weighted by atomic mass is 10.2. The van der Waals surface area contributed by atoms with Gasteiger partial charge in [-0.2, -0.15) is 29.1 Å². The molecule has 11 heteroatoms. The van der Waals surface area contributed by atoms with Crippen LogP contribution in [0.25, 0.3) is 0 Å². The molecule has 8 nitrogen and oxygen atoms in total. The van der Waals surface area contributed by atoms with Crippen LogP contribution in [0, 0.1) is 0 Å². The van der Waals surface area contributed by atoms with E-state index >= 15 is 0 Å². The number of carbonyl (C=O) groups is 2. The normalized spacial score (nSPS) is 13.7. The first kappa shape index (κ1) is 22.8. The third-order valence-electron chi connectivity index (χ3n) is 3.36. The maximum Gasteiger partial charge on any atom is 0.323 e. The zero-order chi connectivity index (χ0) is 19.7. The molecular weight excluding hydrogens is 398 g/mol. The van der Waals surface area contributed by atoms with E-state index in [-0.39, 0.29) is 10.6 Å². The summed E-state index contributed by atoms with van der Waals surface area (Å²) < 4.78 is 31.9. The van der Waals surface area contributed by atoms with Crippen LogP contribution in [0.4, 0.5) is 5.69 Å². The fourth-order valence-corrected chi connectivity index (χ4v) is 3.75. The Balaban J connectivity index is 2.88. The molecule has 26 heavy (non-hydrogen) atoms. The average Bonchev–Trinajstić information content (AvgIpc) is 2.63. The summed E-state index contributed by atoms with van der Waals surface area (Å²) in [4.78, 5) is 23.4. The van der Waals surface area contributed by atoms with E-state index in [0.717, 1.165) is 0 Å². The highest BCUT2D eigenvalue weighted by molar-refractivity contribution is 7.98. The van der Waals surface area contributed by atoms with Gasteiger partial charge in [-0.1, -0.05) is 0 Å². The number of hydrogen-bond donors (Lipinski definition) is 4. The maximum absolute atomic E-state index is 12.5. The van der Waals surface area contributed by atoms with Gasteiger partial charge in [0.15, 0.2) is 0 Å². The summed E-state index contributed by atoms with van der Waals surface area (Å²) in [6.45, 7) is 0. The Morgan fingerprint density at radius 2 is 1.92 bits per heavy atom. The molecule has 0 spiro atoms. The van der Waals surface area contributed by atoms with E-state index < -0.39 is 34.0 Å². The summed E-state index contributed by atoms with van der Waals surface area (Å²) >= 11 is 5.44. The molecule has 1 rings (SSSR count). The van der Waals surface area contributed by atoms with Crippen molar-refractivity contribution < 1.29 is 22.7 Å². The number of carbonyl (C=O) groups excluding carboxylic acids is 2. The van der Waals surface area contributed by atoms with Crippen LogP contribution in [0.15, 0.2) is 29.2 Å². The number of rotatable bonds is 10. The monoisotopic (exact) mass is 421 g/mol. The van der Waals surface area contributed by atoms with E-state index in [1.807, 2.05) is 6.26 Å². The molecule has 1 aromatic carbocycles. The molecule has 0 aromatic heterocycles. The second-order valence-corrected chi connectivity index (χ2v) is 8.35. The fourth-order valence-electron chi connectivity index (χ4n) is 1.89. The van der Waals surface area contributed by atoms with Gasteiger partial charge in [-0.25, -0.2) is 8.42 Å². The van der Waals surface area contributed by atoms with Crippen molar-refractivity contribution in [1.29, 1.82) is 0 Å². The number of methoxy groups -OCH3 is 1. The van der Waals surface area contributed by atoms with Crippen LogP contribution in [0.1, 0.15) is 6.42 Å². The molecule has 0 saturated carbocycles. The van der Waals surface area contributed by atoms with Gasteiger partial charge in [0.05, 0.1) is 18.0 Å². The van der Waals surface area contributed by atoms with E-state index in [0.29, 0.717) is 17.9 Å². The number of benzene rings is 1. The summed E-state index contributed by atoms with van der Waals surface area (Å²) in [5, 5.41) is 2.56. The molecule has 1 amide bonds. The molecule has 0 aliphatic rings. The van der Waals surface area contributed by atoms with E-state index in [2.05, 4.69) is 27.4 Å². The molecule has 0 heterocycles. The third kappa shape index (κ3) is 6.80. The van der Waals surface area contributed by atoms with Crippen molar-refractivity contribution in [2.75, 3.05) is 30.2 Å². The summed E-state index contributed by atoms with van der Waals surface area (Å²) in [6, 6.07) is 3.80. The SMILES string of the molecule is COC(=O)[C@H](CCSC)NS(=O)(=O)c1ccc(NC(=O)[C@@H](N)CS)cc1. The van der Waals surface area contributed by atoms with Gasteiger partial charge in [-0.3, -0.25) is 9.59 Å². The van der Waals surface area contributed by atoms with Crippen molar-refractivity contribution in [2.24, 2.45) is 5.73 Å². The predicted octanol–water partition coefficient (Wildman–Crippen LogP) is 0.455. The maximum atomic E-state index is 12.5. The fraction of sp³-hybridized carbons (Fsp3) is 0.467. The molecule has 0 unspecified atom stereocenters. The Morgan fingerprint density at radius 1 is 1.31 bits per heavy atom. The van der Waals surface area contributed by atoms with Crippen molar-refractivity contribution in [3.63, 3.8) is 0 Å². The number of anilines is 1. The second kappa shape index (κ2) is 10.8. The quantitative estimate of drug-likeness (QED) is 0.319. The summed E-state index contributed by atoms with van der Waals surface area (Å²) in [5.41, 5.74) is 5.96. The molecular formula is C15H23N3O5S3. The highest BCUT2D eigenvalue weighted by Crippen LogP contribution is 2.16. The molecule has 0 aliphatic heterocycles. The highest BCUT2D eigenvalue weighted by Gasteiger charge is 2.26. The molecule has 0 saturated heterocycles. The van der Waals surface area contributed by atoms with Gasteiger partial charge in [0.25, 0.3) is 0 Å². The van der Waals surface area contributed by atoms with Gasteiger partial charge >= 0.3 is 5.97 Å². The van der Waals surface area contributed by atoms with Crippen LogP contribution < -0.4 is 15.8 Å². The van der Waals surface area contributed by atoms with Crippen LogP contribution in [0.2, 0.25) is 0 Å². The highest BCUT2D eigenvalue weighted by atomic mass is 32.2. The first-order valence-corrected chi connectivity index (χ1v) is 11.1. The summed E-state index contributed by atoms with van der Waals surface area (Å²) in [6.07, 6.45) is 2.16. The number of nitrogens with two attached hydrogens (primary N) is 1. The van der Waals surface area contributed by atoms with Crippen LogP contribution in [-0.2, 0) is 24.3 Å². The number of nitrogens with one attached hydrogen (secondary N) is 2. The number of thiol groups is 1. The number of sulfonamides is 1. The Kier molecular flexibility index (Phi) is 9.44. The minimum absolute atomic E-state index is 0.0351. The van der Waals surface area contributed by atoms with Gasteiger partial charge in [-0.15, -0.1) is 0 Å². The lowest BCUT2D eigenvalue weighted by Crippen LogP contribution is -2.41. The Bertz CT molecular complexity index is 710. The Morgan fingerprint density at radius 3 is 2.42 bits per heavy atom. The van der Waals surface area contributed by atoms with Gasteiger partial charge < -0.3 is 15.8 Å². The molecule has 0 aliphatic carbocycles. The number of ether oxygens (including phenoxy) is 1. The lowest BCUT2D eigenvalue weighted by molar-refractivity contribution is -0.142. The molecule has 146 valence electrons. The average molecular weight is 422 g/mol. The van der Waals surface area contributed by atoms with Crippen molar-refractivity contribution in [2.45, 2.75) is 23.4 Å². The van der Waals surface area contributed by atoms with E-state index in [9.17, 15) is 18.0 Å². The first-order chi connectivity index (χ1) is 12.2. The van der Waals surface area contributed by atoms with Crippen molar-refractivity contribution in [3.8, 4) is 0 Å². The lowest BCUT2D eigenvalue weighted by Gasteiger charge is -2.16. The van der Waals surface area contributed by atoms with Crippen molar-refractivity contribution >= 4 is 52.0 Å². The summed E-state index contributed by atoms with van der Waals surface area (Å²) in [5.74, 6) is -0.282. The zero-order valence-corrected chi connectivity index (χ0v) is 17.0. The zero-order valence-electron chi connectivity index (χ0n) is 14.5. The topological polar surface area (TPSA) is 128 Å². The van der Waals surface area contributed by atoms with Gasteiger partial charge in [0.1, 0.15) is 6.04 Å². The van der Waals surface area contributed by atoms with E-state index in [1.165, 1.54) is 43.1 Å². The molecule has 2 atom stereocenters. The third-order valence-corrected chi connectivity index (χ3v) is 5.88. The van der Waals surface area contributed by atoms with Crippen LogP contribution in [0.3, 0.4) is 0 Å². The molecule has 1 aromatic rings. The first-order valence-electron chi connectivity index (χ1n) is 7.61. The van der Waals surface area contributed by atoms with Crippen LogP contribution in [0.5, 0.6) is 0 Å². The Labute approximate surface area is 163 Å². The minimum Gasteiger partial charge on any atom is -0.468 e. The van der Waals surface area contributed by atoms with Crippen LogP contribution in [-0.4, -0.2) is 57.2 Å². The van der Waals surface area contributed by atoms with Crippen LogP contribution >= 0.6 is 24.4 Å². The molecule has 4 N–H and O–H groups in total. The smallest absolute Gasteiger partial charge is 0.323 e. The van der Waals surface area contributed by atoms with Crippen molar-refractivity contribution in [1.82, 2.24) is 4.72 Å². The number of thioether (sulfide) groups is 1. The van der Waals surface area contributed by atoms with Gasteiger partial charge in [-0.05, 0) is 42.7 Å². The van der Waals surface area contributed by atoms with Gasteiger partial charge in [0.2, 0.25) is 15.9 Å². The summed E-state index contributed by atoms with van der Waals surface area (Å²) in [7, 11) is -2.72.